The van der Waals surface area contributed by atoms with E-state index < -0.39 is 5.60 Å². The lowest BCUT2D eigenvalue weighted by atomic mass is 9.92. The molecule has 0 aromatic heterocycles. The Morgan fingerprint density at radius 3 is 2.47 bits per heavy atom. The number of ether oxygens (including phenoxy) is 1. The van der Waals surface area contributed by atoms with Crippen LogP contribution in [0.25, 0.3) is 0 Å². The summed E-state index contributed by atoms with van der Waals surface area (Å²) in [6, 6.07) is 0. The van der Waals surface area contributed by atoms with E-state index in [9.17, 15) is 4.79 Å². The SMILES string of the molecule is CC(C)(C)OC(=O)N1C[C@H](CN)[C@H](C2CC2)C1. The highest BCUT2D eigenvalue weighted by atomic mass is 16.6. The fourth-order valence-corrected chi connectivity index (χ4v) is 2.68. The van der Waals surface area contributed by atoms with Crippen LogP contribution < -0.4 is 5.73 Å². The van der Waals surface area contributed by atoms with Crippen LogP contribution in [0.15, 0.2) is 0 Å². The van der Waals surface area contributed by atoms with E-state index in [-0.39, 0.29) is 6.09 Å². The molecule has 0 aromatic carbocycles. The molecule has 1 aliphatic carbocycles. The van der Waals surface area contributed by atoms with E-state index in [1.54, 1.807) is 0 Å². The Labute approximate surface area is 103 Å². The number of nitrogens with zero attached hydrogens (tertiary/aromatic N) is 1. The van der Waals surface area contributed by atoms with Gasteiger partial charge in [-0.05, 0) is 57.9 Å². The fraction of sp³-hybridized carbons (Fsp3) is 0.923. The van der Waals surface area contributed by atoms with Crippen molar-refractivity contribution >= 4 is 6.09 Å². The minimum Gasteiger partial charge on any atom is -0.444 e. The molecule has 2 atom stereocenters. The van der Waals surface area contributed by atoms with E-state index in [2.05, 4.69) is 0 Å². The molecule has 2 rings (SSSR count). The van der Waals surface area contributed by atoms with Crippen molar-refractivity contribution in [1.29, 1.82) is 0 Å². The highest BCUT2D eigenvalue weighted by Gasteiger charge is 2.43. The largest absolute Gasteiger partial charge is 0.444 e. The highest BCUT2D eigenvalue weighted by molar-refractivity contribution is 5.68. The quantitative estimate of drug-likeness (QED) is 0.801. The van der Waals surface area contributed by atoms with E-state index in [1.807, 2.05) is 25.7 Å². The number of hydrogen-bond acceptors (Lipinski definition) is 3. The molecule has 2 N–H and O–H groups in total. The molecular weight excluding hydrogens is 216 g/mol. The van der Waals surface area contributed by atoms with Crippen LogP contribution in [-0.4, -0.2) is 36.2 Å². The summed E-state index contributed by atoms with van der Waals surface area (Å²) >= 11 is 0. The summed E-state index contributed by atoms with van der Waals surface area (Å²) in [5.74, 6) is 1.87. The molecule has 1 amide bonds. The summed E-state index contributed by atoms with van der Waals surface area (Å²) in [6.07, 6.45) is 2.44. The normalized spacial score (nSPS) is 29.5. The minimum absolute atomic E-state index is 0.181. The summed E-state index contributed by atoms with van der Waals surface area (Å²) in [6.45, 7) is 7.99. The third-order valence-corrected chi connectivity index (χ3v) is 3.67. The van der Waals surface area contributed by atoms with Crippen molar-refractivity contribution < 1.29 is 9.53 Å². The average Bonchev–Trinajstić information content (AvgIpc) is 2.95. The first-order chi connectivity index (χ1) is 7.90. The minimum atomic E-state index is -0.410. The van der Waals surface area contributed by atoms with Gasteiger partial charge in [-0.2, -0.15) is 0 Å². The number of carbonyl (C=O) groups excluding carboxylic acids is 1. The molecule has 2 aliphatic rings. The van der Waals surface area contributed by atoms with Gasteiger partial charge < -0.3 is 15.4 Å². The lowest BCUT2D eigenvalue weighted by molar-refractivity contribution is 0.0283. The van der Waals surface area contributed by atoms with Gasteiger partial charge >= 0.3 is 6.09 Å². The van der Waals surface area contributed by atoms with Gasteiger partial charge in [-0.1, -0.05) is 0 Å². The standard InChI is InChI=1S/C13H24N2O2/c1-13(2,3)17-12(16)15-7-10(6-14)11(8-15)9-4-5-9/h9-11H,4-8,14H2,1-3H3/t10-,11-/m0/s1. The van der Waals surface area contributed by atoms with Gasteiger partial charge in [-0.15, -0.1) is 0 Å². The average molecular weight is 240 g/mol. The molecule has 4 nitrogen and oxygen atoms in total. The predicted molar refractivity (Wildman–Crippen MR) is 66.6 cm³/mol. The zero-order valence-electron chi connectivity index (χ0n) is 11.1. The molecule has 0 spiro atoms. The smallest absolute Gasteiger partial charge is 0.410 e. The molecule has 0 bridgehead atoms. The number of nitrogens with two attached hydrogens (primary N) is 1. The Bertz CT molecular complexity index is 294. The zero-order valence-corrected chi connectivity index (χ0v) is 11.1. The lowest BCUT2D eigenvalue weighted by Gasteiger charge is -2.24. The van der Waals surface area contributed by atoms with Crippen LogP contribution in [0.1, 0.15) is 33.6 Å². The van der Waals surface area contributed by atoms with E-state index in [1.165, 1.54) is 12.8 Å². The first kappa shape index (κ1) is 12.7. The maximum absolute atomic E-state index is 12.0. The second kappa shape index (κ2) is 4.48. The van der Waals surface area contributed by atoms with Gasteiger partial charge in [0.25, 0.3) is 0 Å². The fourth-order valence-electron chi connectivity index (χ4n) is 2.68. The van der Waals surface area contributed by atoms with Crippen molar-refractivity contribution in [3.63, 3.8) is 0 Å². The molecule has 1 saturated heterocycles. The Balaban J connectivity index is 1.92. The monoisotopic (exact) mass is 240 g/mol. The zero-order chi connectivity index (χ0) is 12.6. The van der Waals surface area contributed by atoms with Crippen LogP contribution in [0.3, 0.4) is 0 Å². The Kier molecular flexibility index (Phi) is 3.34. The molecule has 1 aliphatic heterocycles. The van der Waals surface area contributed by atoms with Crippen molar-refractivity contribution in [2.45, 2.75) is 39.2 Å². The highest BCUT2D eigenvalue weighted by Crippen LogP contribution is 2.43. The third kappa shape index (κ3) is 3.12. The van der Waals surface area contributed by atoms with Crippen LogP contribution in [0, 0.1) is 17.8 Å². The summed E-state index contributed by atoms with van der Waals surface area (Å²) < 4.78 is 5.41. The molecule has 4 heteroatoms. The molecule has 0 radical (unpaired) electrons. The molecule has 17 heavy (non-hydrogen) atoms. The summed E-state index contributed by atoms with van der Waals surface area (Å²) in [7, 11) is 0. The maximum atomic E-state index is 12.0. The molecule has 98 valence electrons. The van der Waals surface area contributed by atoms with Crippen LogP contribution in [0.2, 0.25) is 0 Å². The van der Waals surface area contributed by atoms with Gasteiger partial charge in [-0.25, -0.2) is 4.79 Å². The first-order valence-electron chi connectivity index (χ1n) is 6.58. The number of amides is 1. The van der Waals surface area contributed by atoms with Gasteiger partial charge in [0.05, 0.1) is 0 Å². The van der Waals surface area contributed by atoms with Gasteiger partial charge in [0.15, 0.2) is 0 Å². The summed E-state index contributed by atoms with van der Waals surface area (Å²) in [5, 5.41) is 0. The first-order valence-corrected chi connectivity index (χ1v) is 6.58. The molecule has 1 saturated carbocycles. The molecule has 1 heterocycles. The predicted octanol–water partition coefficient (Wildman–Crippen LogP) is 1.84. The van der Waals surface area contributed by atoms with Gasteiger partial charge in [-0.3, -0.25) is 0 Å². The summed E-state index contributed by atoms with van der Waals surface area (Å²) in [4.78, 5) is 13.8. The number of hydrogen-bond donors (Lipinski definition) is 1. The lowest BCUT2D eigenvalue weighted by Crippen LogP contribution is -2.35. The molecular formula is C13H24N2O2. The molecule has 0 aromatic rings. The van der Waals surface area contributed by atoms with Crippen LogP contribution >= 0.6 is 0 Å². The molecule has 0 unspecified atom stereocenters. The van der Waals surface area contributed by atoms with Crippen molar-refractivity contribution in [2.75, 3.05) is 19.6 Å². The van der Waals surface area contributed by atoms with Crippen molar-refractivity contribution in [3.8, 4) is 0 Å². The van der Waals surface area contributed by atoms with Crippen molar-refractivity contribution in [2.24, 2.45) is 23.5 Å². The van der Waals surface area contributed by atoms with E-state index in [0.717, 1.165) is 19.0 Å². The van der Waals surface area contributed by atoms with Gasteiger partial charge in [0, 0.05) is 13.1 Å². The van der Waals surface area contributed by atoms with Gasteiger partial charge in [0.2, 0.25) is 0 Å². The van der Waals surface area contributed by atoms with Crippen molar-refractivity contribution in [3.05, 3.63) is 0 Å². The van der Waals surface area contributed by atoms with Gasteiger partial charge in [0.1, 0.15) is 5.60 Å². The van der Waals surface area contributed by atoms with Crippen molar-refractivity contribution in [1.82, 2.24) is 4.90 Å². The molecule has 2 fully saturated rings. The Hall–Kier alpha value is -0.770. The Morgan fingerprint density at radius 1 is 1.35 bits per heavy atom. The maximum Gasteiger partial charge on any atom is 0.410 e. The topological polar surface area (TPSA) is 55.6 Å². The number of rotatable bonds is 2. The van der Waals surface area contributed by atoms with E-state index in [0.29, 0.717) is 18.4 Å². The number of carbonyl (C=O) groups is 1. The second-order valence-electron chi connectivity index (χ2n) is 6.38. The number of likely N-dealkylation sites (tertiary alicyclic amines) is 1. The van der Waals surface area contributed by atoms with Crippen LogP contribution in [0.4, 0.5) is 4.79 Å². The third-order valence-electron chi connectivity index (χ3n) is 3.67. The van der Waals surface area contributed by atoms with E-state index in [4.69, 9.17) is 10.5 Å². The Morgan fingerprint density at radius 2 is 2.00 bits per heavy atom. The van der Waals surface area contributed by atoms with Crippen LogP contribution in [-0.2, 0) is 4.74 Å². The summed E-state index contributed by atoms with van der Waals surface area (Å²) in [5.41, 5.74) is 5.39. The van der Waals surface area contributed by atoms with Crippen LogP contribution in [0.5, 0.6) is 0 Å². The van der Waals surface area contributed by atoms with E-state index >= 15 is 0 Å². The second-order valence-corrected chi connectivity index (χ2v) is 6.38.